The normalized spacial score (nSPS) is 28.2. The minimum atomic E-state index is -4.21. The Morgan fingerprint density at radius 3 is 2.67 bits per heavy atom. The molecule has 21 heavy (non-hydrogen) atoms. The fourth-order valence-electron chi connectivity index (χ4n) is 2.96. The third kappa shape index (κ3) is 3.90. The number of piperidine rings is 1. The molecule has 1 saturated heterocycles. The summed E-state index contributed by atoms with van der Waals surface area (Å²) in [5.74, 6) is 0.409. The molecule has 0 aromatic carbocycles. The Morgan fingerprint density at radius 2 is 2.10 bits per heavy atom. The van der Waals surface area contributed by atoms with E-state index in [1.54, 1.807) is 6.92 Å². The van der Waals surface area contributed by atoms with Gasteiger partial charge in [0.05, 0.1) is 12.2 Å². The number of amides is 1. The quantitative estimate of drug-likeness (QED) is 0.850. The molecule has 2 aliphatic heterocycles. The van der Waals surface area contributed by atoms with Gasteiger partial charge in [0.1, 0.15) is 11.8 Å². The lowest BCUT2D eigenvalue weighted by molar-refractivity contribution is -0.188. The molecule has 0 bridgehead atoms. The van der Waals surface area contributed by atoms with Gasteiger partial charge in [-0.05, 0) is 39.7 Å². The number of hydrogen-bond acceptors (Lipinski definition) is 3. The number of allylic oxidation sites excluding steroid dienone is 1. The van der Waals surface area contributed by atoms with E-state index in [4.69, 9.17) is 4.74 Å². The highest BCUT2D eigenvalue weighted by Gasteiger charge is 2.45. The zero-order valence-electron chi connectivity index (χ0n) is 12.3. The summed E-state index contributed by atoms with van der Waals surface area (Å²) in [7, 11) is 1.45. The second-order valence-corrected chi connectivity index (χ2v) is 5.73. The standard InChI is InChI=1S/C14H21F3N2O2/c1-9-11(4-3-7-21-9)13(20)18-10-5-6-12(14(15,16)17)19(2)8-10/h10,12H,3-8H2,1-2H3,(H,18,20). The van der Waals surface area contributed by atoms with Crippen LogP contribution < -0.4 is 5.32 Å². The van der Waals surface area contributed by atoms with E-state index < -0.39 is 12.2 Å². The van der Waals surface area contributed by atoms with E-state index in [9.17, 15) is 18.0 Å². The number of rotatable bonds is 2. The lowest BCUT2D eigenvalue weighted by Crippen LogP contribution is -2.55. The van der Waals surface area contributed by atoms with Crippen LogP contribution in [0, 0.1) is 0 Å². The van der Waals surface area contributed by atoms with Gasteiger partial charge in [-0.3, -0.25) is 9.69 Å². The van der Waals surface area contributed by atoms with Crippen LogP contribution in [0.15, 0.2) is 11.3 Å². The molecule has 0 saturated carbocycles. The number of carbonyl (C=O) groups is 1. The summed E-state index contributed by atoms with van der Waals surface area (Å²) in [6.07, 6.45) is -2.40. The highest BCUT2D eigenvalue weighted by Crippen LogP contribution is 2.31. The topological polar surface area (TPSA) is 41.6 Å². The van der Waals surface area contributed by atoms with Crippen LogP contribution in [0.2, 0.25) is 0 Å². The molecule has 0 spiro atoms. The smallest absolute Gasteiger partial charge is 0.404 e. The van der Waals surface area contributed by atoms with E-state index in [0.717, 1.165) is 6.42 Å². The zero-order chi connectivity index (χ0) is 15.6. The number of likely N-dealkylation sites (tertiary alicyclic amines) is 1. The molecule has 0 radical (unpaired) electrons. The maximum absolute atomic E-state index is 12.8. The van der Waals surface area contributed by atoms with E-state index in [1.807, 2.05) is 0 Å². The van der Waals surface area contributed by atoms with Crippen molar-refractivity contribution in [3.63, 3.8) is 0 Å². The minimum absolute atomic E-state index is 0.0134. The molecule has 0 aromatic heterocycles. The van der Waals surface area contributed by atoms with E-state index in [1.165, 1.54) is 11.9 Å². The third-order valence-electron chi connectivity index (χ3n) is 4.13. The molecule has 2 unspecified atom stereocenters. The van der Waals surface area contributed by atoms with Crippen LogP contribution in [-0.4, -0.2) is 49.3 Å². The molecule has 4 nitrogen and oxygen atoms in total. The predicted octanol–water partition coefficient (Wildman–Crippen LogP) is 2.21. The summed E-state index contributed by atoms with van der Waals surface area (Å²) in [4.78, 5) is 13.4. The van der Waals surface area contributed by atoms with Gasteiger partial charge in [-0.25, -0.2) is 0 Å². The van der Waals surface area contributed by atoms with Crippen LogP contribution in [0.3, 0.4) is 0 Å². The molecule has 2 rings (SSSR count). The highest BCUT2D eigenvalue weighted by molar-refractivity contribution is 5.94. The first kappa shape index (κ1) is 16.1. The molecule has 0 aromatic rings. The minimum Gasteiger partial charge on any atom is -0.498 e. The Bertz CT molecular complexity index is 434. The molecule has 7 heteroatoms. The number of nitrogens with zero attached hydrogens (tertiary/aromatic N) is 1. The summed E-state index contributed by atoms with van der Waals surface area (Å²) < 4.78 is 43.7. The van der Waals surface area contributed by atoms with Crippen molar-refractivity contribution in [2.45, 2.75) is 50.9 Å². The van der Waals surface area contributed by atoms with Crippen LogP contribution in [-0.2, 0) is 9.53 Å². The number of carbonyl (C=O) groups excluding carboxylic acids is 1. The summed E-state index contributed by atoms with van der Waals surface area (Å²) in [6, 6.07) is -1.66. The molecule has 120 valence electrons. The Balaban J connectivity index is 1.92. The van der Waals surface area contributed by atoms with Crippen LogP contribution >= 0.6 is 0 Å². The summed E-state index contributed by atoms with van der Waals surface area (Å²) in [5.41, 5.74) is 0.613. The van der Waals surface area contributed by atoms with Crippen LogP contribution in [0.5, 0.6) is 0 Å². The zero-order valence-corrected chi connectivity index (χ0v) is 12.3. The molecular formula is C14H21F3N2O2. The molecule has 0 aliphatic carbocycles. The Labute approximate surface area is 122 Å². The van der Waals surface area contributed by atoms with E-state index >= 15 is 0 Å². The first-order valence-corrected chi connectivity index (χ1v) is 7.19. The molecule has 1 N–H and O–H groups in total. The molecular weight excluding hydrogens is 285 g/mol. The fraction of sp³-hybridized carbons (Fsp3) is 0.786. The summed E-state index contributed by atoms with van der Waals surface area (Å²) >= 11 is 0. The number of halogens is 3. The van der Waals surface area contributed by atoms with Crippen molar-refractivity contribution in [3.8, 4) is 0 Å². The number of hydrogen-bond donors (Lipinski definition) is 1. The maximum Gasteiger partial charge on any atom is 0.404 e. The van der Waals surface area contributed by atoms with Gasteiger partial charge in [0.25, 0.3) is 5.91 Å². The second-order valence-electron chi connectivity index (χ2n) is 5.73. The van der Waals surface area contributed by atoms with Crippen molar-refractivity contribution < 1.29 is 22.7 Å². The van der Waals surface area contributed by atoms with E-state index in [-0.39, 0.29) is 24.9 Å². The van der Waals surface area contributed by atoms with Crippen LogP contribution in [0.1, 0.15) is 32.6 Å². The number of likely N-dealkylation sites (N-methyl/N-ethyl adjacent to an activating group) is 1. The monoisotopic (exact) mass is 306 g/mol. The van der Waals surface area contributed by atoms with Crippen molar-refractivity contribution in [1.82, 2.24) is 10.2 Å². The maximum atomic E-state index is 12.8. The number of ether oxygens (including phenoxy) is 1. The highest BCUT2D eigenvalue weighted by atomic mass is 19.4. The largest absolute Gasteiger partial charge is 0.498 e. The average molecular weight is 306 g/mol. The molecule has 1 amide bonds. The Morgan fingerprint density at radius 1 is 1.38 bits per heavy atom. The summed E-state index contributed by atoms with van der Waals surface area (Å²) in [5, 5.41) is 2.84. The Hall–Kier alpha value is -1.24. The Kier molecular flexibility index (Phi) is 4.81. The SMILES string of the molecule is CC1=C(C(=O)NC2CCC(C(F)(F)F)N(C)C2)CCCO1. The van der Waals surface area contributed by atoms with E-state index in [2.05, 4.69) is 5.32 Å². The van der Waals surface area contributed by atoms with Crippen molar-refractivity contribution in [2.24, 2.45) is 0 Å². The first-order chi connectivity index (χ1) is 9.79. The van der Waals surface area contributed by atoms with E-state index in [0.29, 0.717) is 30.8 Å². The third-order valence-corrected chi connectivity index (χ3v) is 4.13. The lowest BCUT2D eigenvalue weighted by Gasteiger charge is -2.38. The van der Waals surface area contributed by atoms with Gasteiger partial charge in [0, 0.05) is 12.6 Å². The first-order valence-electron chi connectivity index (χ1n) is 7.19. The van der Waals surface area contributed by atoms with Crippen molar-refractivity contribution in [1.29, 1.82) is 0 Å². The number of nitrogens with one attached hydrogen (secondary N) is 1. The van der Waals surface area contributed by atoms with Crippen LogP contribution in [0.25, 0.3) is 0 Å². The van der Waals surface area contributed by atoms with Gasteiger partial charge in [0.2, 0.25) is 0 Å². The predicted molar refractivity (Wildman–Crippen MR) is 71.5 cm³/mol. The fourth-order valence-corrected chi connectivity index (χ4v) is 2.96. The van der Waals surface area contributed by atoms with Gasteiger partial charge in [0.15, 0.2) is 0 Å². The molecule has 2 aliphatic rings. The molecule has 2 atom stereocenters. The van der Waals surface area contributed by atoms with Crippen molar-refractivity contribution in [3.05, 3.63) is 11.3 Å². The van der Waals surface area contributed by atoms with Gasteiger partial charge in [-0.15, -0.1) is 0 Å². The van der Waals surface area contributed by atoms with Gasteiger partial charge in [-0.1, -0.05) is 0 Å². The average Bonchev–Trinajstić information content (AvgIpc) is 2.37. The van der Waals surface area contributed by atoms with Gasteiger partial charge < -0.3 is 10.1 Å². The lowest BCUT2D eigenvalue weighted by atomic mass is 9.97. The molecule has 1 fully saturated rings. The van der Waals surface area contributed by atoms with Gasteiger partial charge >= 0.3 is 6.18 Å². The van der Waals surface area contributed by atoms with Crippen LogP contribution in [0.4, 0.5) is 13.2 Å². The summed E-state index contributed by atoms with van der Waals surface area (Å²) in [6.45, 7) is 2.58. The van der Waals surface area contributed by atoms with Crippen molar-refractivity contribution >= 4 is 5.91 Å². The van der Waals surface area contributed by atoms with Gasteiger partial charge in [-0.2, -0.15) is 13.2 Å². The number of alkyl halides is 3. The van der Waals surface area contributed by atoms with Crippen molar-refractivity contribution in [2.75, 3.05) is 20.2 Å². The molecule has 2 heterocycles. The second kappa shape index (κ2) is 6.25.